The maximum atomic E-state index is 11.8. The van der Waals surface area contributed by atoms with Crippen molar-refractivity contribution in [1.29, 1.82) is 0 Å². The van der Waals surface area contributed by atoms with Crippen molar-refractivity contribution in [1.82, 2.24) is 4.98 Å². The third-order valence-electron chi connectivity index (χ3n) is 2.55. The topological polar surface area (TPSA) is 100 Å². The first-order chi connectivity index (χ1) is 10.5. The quantitative estimate of drug-likeness (QED) is 0.749. The van der Waals surface area contributed by atoms with E-state index in [1.165, 1.54) is 13.1 Å². The third-order valence-corrected chi connectivity index (χ3v) is 2.55. The Morgan fingerprint density at radius 3 is 2.18 bits per heavy atom. The minimum atomic E-state index is -0.830. The average Bonchev–Trinajstić information content (AvgIpc) is 2.48. The number of hydrogen-bond acceptors (Lipinski definition) is 4. The van der Waals surface area contributed by atoms with E-state index in [2.05, 4.69) is 20.9 Å². The van der Waals surface area contributed by atoms with Crippen molar-refractivity contribution in [3.63, 3.8) is 0 Å². The molecule has 0 spiro atoms. The highest BCUT2D eigenvalue weighted by atomic mass is 16.2. The molecule has 7 nitrogen and oxygen atoms in total. The van der Waals surface area contributed by atoms with Gasteiger partial charge >= 0.3 is 11.8 Å². The van der Waals surface area contributed by atoms with Crippen molar-refractivity contribution >= 4 is 34.9 Å². The third kappa shape index (κ3) is 4.41. The number of nitrogens with one attached hydrogen (secondary N) is 3. The number of hydrogen-bond donors (Lipinski definition) is 3. The fraction of sp³-hybridized carbons (Fsp3) is 0.0667. The maximum absolute atomic E-state index is 11.8. The number of nitrogens with zero attached hydrogens (tertiary/aromatic N) is 1. The van der Waals surface area contributed by atoms with Crippen LogP contribution in [0.25, 0.3) is 0 Å². The van der Waals surface area contributed by atoms with Gasteiger partial charge in [-0.2, -0.15) is 0 Å². The number of carbonyl (C=O) groups excluding carboxylic acids is 3. The van der Waals surface area contributed by atoms with Gasteiger partial charge in [0.1, 0.15) is 5.82 Å². The predicted octanol–water partition coefficient (Wildman–Crippen LogP) is 1.62. The molecule has 112 valence electrons. The van der Waals surface area contributed by atoms with Gasteiger partial charge in [-0.1, -0.05) is 12.1 Å². The number of rotatable bonds is 3. The zero-order chi connectivity index (χ0) is 15.9. The molecule has 0 aliphatic rings. The van der Waals surface area contributed by atoms with Gasteiger partial charge in [0, 0.05) is 24.5 Å². The molecule has 0 bridgehead atoms. The van der Waals surface area contributed by atoms with Crippen molar-refractivity contribution in [3.8, 4) is 0 Å². The molecular weight excluding hydrogens is 284 g/mol. The van der Waals surface area contributed by atoms with E-state index in [1.807, 2.05) is 0 Å². The lowest BCUT2D eigenvalue weighted by Gasteiger charge is -2.08. The van der Waals surface area contributed by atoms with Crippen molar-refractivity contribution in [3.05, 3.63) is 48.7 Å². The van der Waals surface area contributed by atoms with Crippen LogP contribution in [-0.4, -0.2) is 22.7 Å². The summed E-state index contributed by atoms with van der Waals surface area (Å²) in [5, 5.41) is 7.41. The zero-order valence-electron chi connectivity index (χ0n) is 11.8. The predicted molar refractivity (Wildman–Crippen MR) is 82.2 cm³/mol. The first-order valence-corrected chi connectivity index (χ1v) is 6.45. The second-order valence-corrected chi connectivity index (χ2v) is 4.39. The van der Waals surface area contributed by atoms with Gasteiger partial charge in [0.25, 0.3) is 0 Å². The lowest BCUT2D eigenvalue weighted by molar-refractivity contribution is -0.133. The zero-order valence-corrected chi connectivity index (χ0v) is 11.8. The van der Waals surface area contributed by atoms with Gasteiger partial charge < -0.3 is 16.0 Å². The standard InChI is InChI=1S/C15H14N4O3/c1-10(20)17-11-5-4-6-12(9-11)18-14(21)15(22)19-13-7-2-3-8-16-13/h2-9H,1H3,(H,17,20)(H,18,21)(H,16,19,22). The molecule has 0 unspecified atom stereocenters. The number of anilines is 3. The summed E-state index contributed by atoms with van der Waals surface area (Å²) >= 11 is 0. The molecule has 0 aliphatic carbocycles. The molecule has 1 aromatic carbocycles. The van der Waals surface area contributed by atoms with E-state index in [0.717, 1.165) is 0 Å². The van der Waals surface area contributed by atoms with E-state index < -0.39 is 11.8 Å². The normalized spacial score (nSPS) is 9.68. The van der Waals surface area contributed by atoms with Crippen LogP contribution in [-0.2, 0) is 14.4 Å². The first-order valence-electron chi connectivity index (χ1n) is 6.45. The molecule has 0 aliphatic heterocycles. The number of pyridine rings is 1. The van der Waals surface area contributed by atoms with Crippen molar-refractivity contribution in [2.45, 2.75) is 6.92 Å². The molecule has 1 heterocycles. The minimum Gasteiger partial charge on any atom is -0.326 e. The Balaban J connectivity index is 1.99. The molecule has 2 rings (SSSR count). The van der Waals surface area contributed by atoms with Crippen LogP contribution >= 0.6 is 0 Å². The van der Waals surface area contributed by atoms with Gasteiger partial charge in [-0.15, -0.1) is 0 Å². The Hall–Kier alpha value is -3.22. The van der Waals surface area contributed by atoms with E-state index in [0.29, 0.717) is 11.4 Å². The van der Waals surface area contributed by atoms with Crippen molar-refractivity contribution < 1.29 is 14.4 Å². The first kappa shape index (κ1) is 15.2. The highest BCUT2D eigenvalue weighted by Gasteiger charge is 2.14. The van der Waals surface area contributed by atoms with E-state index in [9.17, 15) is 14.4 Å². The summed E-state index contributed by atoms with van der Waals surface area (Å²) in [4.78, 5) is 38.4. The van der Waals surface area contributed by atoms with Crippen LogP contribution in [0, 0.1) is 0 Å². The second-order valence-electron chi connectivity index (χ2n) is 4.39. The average molecular weight is 298 g/mol. The molecule has 22 heavy (non-hydrogen) atoms. The van der Waals surface area contributed by atoms with Crippen LogP contribution < -0.4 is 16.0 Å². The Morgan fingerprint density at radius 1 is 0.864 bits per heavy atom. The van der Waals surface area contributed by atoms with Crippen LogP contribution in [0.1, 0.15) is 6.92 Å². The van der Waals surface area contributed by atoms with E-state index in [-0.39, 0.29) is 11.7 Å². The molecule has 0 saturated heterocycles. The van der Waals surface area contributed by atoms with Gasteiger partial charge in [-0.05, 0) is 30.3 Å². The SMILES string of the molecule is CC(=O)Nc1cccc(NC(=O)C(=O)Nc2ccccn2)c1. The molecule has 2 aromatic rings. The summed E-state index contributed by atoms with van der Waals surface area (Å²) in [7, 11) is 0. The monoisotopic (exact) mass is 298 g/mol. The molecular formula is C15H14N4O3. The Kier molecular flexibility index (Phi) is 4.81. The van der Waals surface area contributed by atoms with Crippen LogP contribution in [0.2, 0.25) is 0 Å². The van der Waals surface area contributed by atoms with Gasteiger partial charge in [0.2, 0.25) is 5.91 Å². The number of aromatic nitrogens is 1. The lowest BCUT2D eigenvalue weighted by Crippen LogP contribution is -2.29. The van der Waals surface area contributed by atoms with Crippen LogP contribution in [0.4, 0.5) is 17.2 Å². The molecule has 0 fully saturated rings. The highest BCUT2D eigenvalue weighted by molar-refractivity contribution is 6.43. The summed E-state index contributed by atoms with van der Waals surface area (Å²) in [5.74, 6) is -1.60. The molecule has 1 aromatic heterocycles. The molecule has 0 radical (unpaired) electrons. The number of benzene rings is 1. The number of amides is 3. The van der Waals surface area contributed by atoms with Crippen molar-refractivity contribution in [2.75, 3.05) is 16.0 Å². The fourth-order valence-electron chi connectivity index (χ4n) is 1.68. The Morgan fingerprint density at radius 2 is 1.55 bits per heavy atom. The fourth-order valence-corrected chi connectivity index (χ4v) is 1.68. The number of carbonyl (C=O) groups is 3. The molecule has 7 heteroatoms. The lowest BCUT2D eigenvalue weighted by atomic mass is 10.2. The Labute approximate surface area is 126 Å². The van der Waals surface area contributed by atoms with Gasteiger partial charge in [-0.25, -0.2) is 4.98 Å². The molecule has 3 N–H and O–H groups in total. The molecule has 0 atom stereocenters. The summed E-state index contributed by atoms with van der Waals surface area (Å²) < 4.78 is 0. The largest absolute Gasteiger partial charge is 0.326 e. The van der Waals surface area contributed by atoms with Gasteiger partial charge in [0.05, 0.1) is 0 Å². The summed E-state index contributed by atoms with van der Waals surface area (Å²) in [6, 6.07) is 11.4. The molecule has 0 saturated carbocycles. The van der Waals surface area contributed by atoms with E-state index in [4.69, 9.17) is 0 Å². The summed E-state index contributed by atoms with van der Waals surface area (Å²) in [6.07, 6.45) is 1.50. The minimum absolute atomic E-state index is 0.226. The van der Waals surface area contributed by atoms with Crippen LogP contribution in [0.15, 0.2) is 48.7 Å². The second kappa shape index (κ2) is 6.98. The summed E-state index contributed by atoms with van der Waals surface area (Å²) in [5.41, 5.74) is 0.919. The Bertz CT molecular complexity index is 701. The maximum Gasteiger partial charge on any atom is 0.315 e. The van der Waals surface area contributed by atoms with Crippen molar-refractivity contribution in [2.24, 2.45) is 0 Å². The molecule has 3 amide bonds. The van der Waals surface area contributed by atoms with Gasteiger partial charge in [-0.3, -0.25) is 14.4 Å². The van der Waals surface area contributed by atoms with E-state index in [1.54, 1.807) is 42.5 Å². The van der Waals surface area contributed by atoms with Gasteiger partial charge in [0.15, 0.2) is 0 Å². The van der Waals surface area contributed by atoms with Crippen LogP contribution in [0.5, 0.6) is 0 Å². The smallest absolute Gasteiger partial charge is 0.315 e. The van der Waals surface area contributed by atoms with E-state index >= 15 is 0 Å². The highest BCUT2D eigenvalue weighted by Crippen LogP contribution is 2.15. The summed E-state index contributed by atoms with van der Waals surface area (Å²) in [6.45, 7) is 1.38. The van der Waals surface area contributed by atoms with Crippen LogP contribution in [0.3, 0.4) is 0 Å².